The van der Waals surface area contributed by atoms with Gasteiger partial charge in [0.2, 0.25) is 0 Å². The third-order valence-electron chi connectivity index (χ3n) is 4.51. The Morgan fingerprint density at radius 1 is 1.22 bits per heavy atom. The first-order chi connectivity index (χ1) is 8.46. The van der Waals surface area contributed by atoms with E-state index in [1.54, 1.807) is 0 Å². The lowest BCUT2D eigenvalue weighted by molar-refractivity contribution is -0.146. The minimum Gasteiger partial charge on any atom is -0.481 e. The van der Waals surface area contributed by atoms with Gasteiger partial charge in [0, 0.05) is 0 Å². The summed E-state index contributed by atoms with van der Waals surface area (Å²) in [7, 11) is 0. The molecule has 0 heterocycles. The zero-order valence-electron chi connectivity index (χ0n) is 12.4. The Morgan fingerprint density at radius 2 is 1.89 bits per heavy atom. The van der Waals surface area contributed by atoms with Gasteiger partial charge < -0.3 is 5.11 Å². The summed E-state index contributed by atoms with van der Waals surface area (Å²) in [5, 5.41) is 9.32. The van der Waals surface area contributed by atoms with E-state index in [1.807, 2.05) is 0 Å². The van der Waals surface area contributed by atoms with Crippen LogP contribution in [0.5, 0.6) is 0 Å². The van der Waals surface area contributed by atoms with Gasteiger partial charge in [-0.25, -0.2) is 0 Å². The Balaban J connectivity index is 2.39. The average molecular weight is 254 g/mol. The van der Waals surface area contributed by atoms with E-state index in [-0.39, 0.29) is 5.92 Å². The zero-order chi connectivity index (χ0) is 13.6. The van der Waals surface area contributed by atoms with Crippen molar-refractivity contribution < 1.29 is 9.90 Å². The molecule has 2 heteroatoms. The largest absolute Gasteiger partial charge is 0.481 e. The lowest BCUT2D eigenvalue weighted by Crippen LogP contribution is -2.34. The maximum atomic E-state index is 11.3. The second-order valence-electron chi connectivity index (χ2n) is 6.81. The van der Waals surface area contributed by atoms with Crippen molar-refractivity contribution in [2.75, 3.05) is 0 Å². The molecule has 1 rings (SSSR count). The molecule has 1 aliphatic carbocycles. The molecule has 0 aromatic carbocycles. The molecule has 1 fully saturated rings. The third-order valence-corrected chi connectivity index (χ3v) is 4.51. The number of aliphatic carboxylic acids is 1. The van der Waals surface area contributed by atoms with Crippen molar-refractivity contribution in [3.05, 3.63) is 0 Å². The lowest BCUT2D eigenvalue weighted by Gasteiger charge is -2.39. The van der Waals surface area contributed by atoms with Crippen LogP contribution in [0, 0.1) is 17.3 Å². The topological polar surface area (TPSA) is 37.3 Å². The van der Waals surface area contributed by atoms with Gasteiger partial charge in [-0.05, 0) is 37.0 Å². The van der Waals surface area contributed by atoms with Crippen LogP contribution in [0.3, 0.4) is 0 Å². The van der Waals surface area contributed by atoms with Gasteiger partial charge in [-0.2, -0.15) is 0 Å². The van der Waals surface area contributed by atoms with Crippen LogP contribution in [-0.4, -0.2) is 11.1 Å². The molecule has 2 unspecified atom stereocenters. The van der Waals surface area contributed by atoms with E-state index in [2.05, 4.69) is 20.8 Å². The summed E-state index contributed by atoms with van der Waals surface area (Å²) < 4.78 is 0. The normalized spacial score (nSPS) is 27.1. The van der Waals surface area contributed by atoms with Crippen LogP contribution in [-0.2, 0) is 4.79 Å². The lowest BCUT2D eigenvalue weighted by atomic mass is 9.66. The molecule has 0 amide bonds. The zero-order valence-corrected chi connectivity index (χ0v) is 12.4. The molecular weight excluding hydrogens is 224 g/mol. The predicted molar refractivity (Wildman–Crippen MR) is 75.6 cm³/mol. The maximum Gasteiger partial charge on any atom is 0.306 e. The van der Waals surface area contributed by atoms with Crippen molar-refractivity contribution in [3.8, 4) is 0 Å². The highest BCUT2D eigenvalue weighted by molar-refractivity contribution is 5.70. The van der Waals surface area contributed by atoms with Gasteiger partial charge in [0.15, 0.2) is 0 Å². The van der Waals surface area contributed by atoms with Crippen LogP contribution in [0.1, 0.15) is 78.6 Å². The number of unbranched alkanes of at least 4 members (excludes halogenated alkanes) is 4. The Kier molecular flexibility index (Phi) is 6.17. The van der Waals surface area contributed by atoms with Crippen molar-refractivity contribution in [1.82, 2.24) is 0 Å². The fourth-order valence-corrected chi connectivity index (χ4v) is 3.37. The Hall–Kier alpha value is -0.530. The van der Waals surface area contributed by atoms with Gasteiger partial charge in [-0.3, -0.25) is 4.79 Å². The maximum absolute atomic E-state index is 11.3. The molecular formula is C16H30O2. The fraction of sp³-hybridized carbons (Fsp3) is 0.938. The summed E-state index contributed by atoms with van der Waals surface area (Å²) in [6, 6.07) is 0. The van der Waals surface area contributed by atoms with E-state index in [0.29, 0.717) is 11.3 Å². The number of hydrogen-bond donors (Lipinski definition) is 1. The number of carboxylic acid groups (broad SMARTS) is 1. The smallest absolute Gasteiger partial charge is 0.306 e. The molecule has 2 nitrogen and oxygen atoms in total. The predicted octanol–water partition coefficient (Wildman–Crippen LogP) is 4.87. The monoisotopic (exact) mass is 254 g/mol. The first kappa shape index (κ1) is 15.5. The van der Waals surface area contributed by atoms with Gasteiger partial charge in [-0.1, -0.05) is 52.9 Å². The fourth-order valence-electron chi connectivity index (χ4n) is 3.37. The van der Waals surface area contributed by atoms with Gasteiger partial charge in [0.1, 0.15) is 0 Å². The summed E-state index contributed by atoms with van der Waals surface area (Å²) >= 11 is 0. The molecule has 0 spiro atoms. The highest BCUT2D eigenvalue weighted by Gasteiger charge is 2.37. The molecule has 1 saturated carbocycles. The van der Waals surface area contributed by atoms with Crippen LogP contribution in [0.4, 0.5) is 0 Å². The van der Waals surface area contributed by atoms with E-state index in [9.17, 15) is 9.90 Å². The molecule has 1 N–H and O–H groups in total. The number of carboxylic acids is 1. The van der Waals surface area contributed by atoms with Gasteiger partial charge in [0.25, 0.3) is 0 Å². The van der Waals surface area contributed by atoms with Crippen molar-refractivity contribution >= 4 is 5.97 Å². The number of rotatable bonds is 7. The van der Waals surface area contributed by atoms with Crippen LogP contribution < -0.4 is 0 Å². The van der Waals surface area contributed by atoms with Gasteiger partial charge in [-0.15, -0.1) is 0 Å². The average Bonchev–Trinajstić information content (AvgIpc) is 2.27. The SMILES string of the molecule is CCCCCCCC1CC(C)(C)CCC1C(=O)O. The number of hydrogen-bond acceptors (Lipinski definition) is 1. The van der Waals surface area contributed by atoms with Crippen molar-refractivity contribution in [2.45, 2.75) is 78.6 Å². The molecule has 2 atom stereocenters. The summed E-state index contributed by atoms with van der Waals surface area (Å²) in [5.74, 6) is -0.235. The van der Waals surface area contributed by atoms with Crippen LogP contribution in [0.25, 0.3) is 0 Å². The van der Waals surface area contributed by atoms with Crippen LogP contribution >= 0.6 is 0 Å². The van der Waals surface area contributed by atoms with Crippen molar-refractivity contribution in [3.63, 3.8) is 0 Å². The minimum absolute atomic E-state index is 0.0794. The van der Waals surface area contributed by atoms with Crippen molar-refractivity contribution in [2.24, 2.45) is 17.3 Å². The number of carbonyl (C=O) groups is 1. The van der Waals surface area contributed by atoms with E-state index in [1.165, 1.54) is 32.1 Å². The molecule has 1 aliphatic rings. The standard InChI is InChI=1S/C16H30O2/c1-4-5-6-7-8-9-13-12-16(2,3)11-10-14(13)15(17)18/h13-14H,4-12H2,1-3H3,(H,17,18). The summed E-state index contributed by atoms with van der Waals surface area (Å²) in [6.07, 6.45) is 10.5. The highest BCUT2D eigenvalue weighted by atomic mass is 16.4. The summed E-state index contributed by atoms with van der Waals surface area (Å²) in [6.45, 7) is 6.80. The second-order valence-corrected chi connectivity index (χ2v) is 6.81. The van der Waals surface area contributed by atoms with E-state index in [4.69, 9.17) is 0 Å². The quantitative estimate of drug-likeness (QED) is 0.658. The molecule has 106 valence electrons. The molecule has 0 aromatic heterocycles. The summed E-state index contributed by atoms with van der Waals surface area (Å²) in [5.41, 5.74) is 0.347. The second kappa shape index (κ2) is 7.16. The Labute approximate surface area is 112 Å². The molecule has 0 aromatic rings. The van der Waals surface area contributed by atoms with Gasteiger partial charge >= 0.3 is 5.97 Å². The molecule has 0 saturated heterocycles. The molecule has 0 bridgehead atoms. The first-order valence-corrected chi connectivity index (χ1v) is 7.69. The van der Waals surface area contributed by atoms with E-state index < -0.39 is 5.97 Å². The molecule has 0 aliphatic heterocycles. The molecule has 0 radical (unpaired) electrons. The van der Waals surface area contributed by atoms with Crippen molar-refractivity contribution in [1.29, 1.82) is 0 Å². The van der Waals surface area contributed by atoms with Crippen LogP contribution in [0.15, 0.2) is 0 Å². The third kappa shape index (κ3) is 4.99. The van der Waals surface area contributed by atoms with Crippen LogP contribution in [0.2, 0.25) is 0 Å². The Bertz CT molecular complexity index is 258. The molecule has 18 heavy (non-hydrogen) atoms. The van der Waals surface area contributed by atoms with E-state index >= 15 is 0 Å². The highest BCUT2D eigenvalue weighted by Crippen LogP contribution is 2.43. The minimum atomic E-state index is -0.566. The Morgan fingerprint density at radius 3 is 2.50 bits per heavy atom. The first-order valence-electron chi connectivity index (χ1n) is 7.69. The summed E-state index contributed by atoms with van der Waals surface area (Å²) in [4.78, 5) is 11.3. The van der Waals surface area contributed by atoms with E-state index in [0.717, 1.165) is 25.7 Å². The van der Waals surface area contributed by atoms with Gasteiger partial charge in [0.05, 0.1) is 5.92 Å².